The molecule has 13 heteroatoms. The zero-order valence-electron chi connectivity index (χ0n) is 23.0. The molecule has 0 spiro atoms. The van der Waals surface area contributed by atoms with E-state index in [1.54, 1.807) is 6.92 Å². The maximum absolute atomic E-state index is 13.7. The fraction of sp³-hybridized carbons (Fsp3) is 0.233. The number of oxazole rings is 1. The van der Waals surface area contributed by atoms with E-state index in [0.29, 0.717) is 21.8 Å². The number of anilines is 3. The Hall–Kier alpha value is -4.97. The molecule has 220 valence electrons. The van der Waals surface area contributed by atoms with Crippen LogP contribution in [-0.2, 0) is 4.79 Å². The van der Waals surface area contributed by atoms with Gasteiger partial charge in [0, 0.05) is 47.3 Å². The molecule has 0 aliphatic carbocycles. The quantitative estimate of drug-likeness (QED) is 0.217. The zero-order chi connectivity index (χ0) is 30.1. The van der Waals surface area contributed by atoms with Gasteiger partial charge in [0.1, 0.15) is 23.2 Å². The third-order valence-electron chi connectivity index (χ3n) is 7.31. The molecule has 4 N–H and O–H groups in total. The van der Waals surface area contributed by atoms with E-state index in [0.717, 1.165) is 31.6 Å². The largest absolute Gasteiger partial charge is 0.478 e. The molecule has 1 fully saturated rings. The Morgan fingerprint density at radius 1 is 1.12 bits per heavy atom. The number of allylic oxidation sites excluding steroid dienone is 1. The van der Waals surface area contributed by atoms with Crippen molar-refractivity contribution in [3.05, 3.63) is 88.0 Å². The van der Waals surface area contributed by atoms with Gasteiger partial charge in [-0.25, -0.2) is 19.2 Å². The molecule has 43 heavy (non-hydrogen) atoms. The van der Waals surface area contributed by atoms with Crippen LogP contribution in [0.15, 0.2) is 75.4 Å². The van der Waals surface area contributed by atoms with Crippen molar-refractivity contribution in [3.63, 3.8) is 0 Å². The predicted molar refractivity (Wildman–Crippen MR) is 161 cm³/mol. The summed E-state index contributed by atoms with van der Waals surface area (Å²) in [6, 6.07) is 11.5. The Morgan fingerprint density at radius 3 is 2.70 bits per heavy atom. The molecule has 1 atom stereocenters. The number of amides is 1. The van der Waals surface area contributed by atoms with Gasteiger partial charge in [-0.3, -0.25) is 10.1 Å². The number of aliphatic imine (C=N–C) groups is 1. The monoisotopic (exact) mass is 603 g/mol. The van der Waals surface area contributed by atoms with Gasteiger partial charge < -0.3 is 25.1 Å². The smallest absolute Gasteiger partial charge is 0.335 e. The van der Waals surface area contributed by atoms with Crippen LogP contribution in [0.1, 0.15) is 48.1 Å². The van der Waals surface area contributed by atoms with E-state index in [2.05, 4.69) is 30.8 Å². The molecule has 6 rings (SSSR count). The van der Waals surface area contributed by atoms with Crippen molar-refractivity contribution in [2.45, 2.75) is 32.2 Å². The lowest BCUT2D eigenvalue weighted by molar-refractivity contribution is -0.113. The van der Waals surface area contributed by atoms with Crippen LogP contribution in [0.2, 0.25) is 5.02 Å². The summed E-state index contributed by atoms with van der Waals surface area (Å²) >= 11 is 6.86. The highest BCUT2D eigenvalue weighted by Crippen LogP contribution is 2.38. The first-order valence-corrected chi connectivity index (χ1v) is 14.1. The van der Waals surface area contributed by atoms with Gasteiger partial charge in [-0.15, -0.1) is 0 Å². The van der Waals surface area contributed by atoms with Crippen LogP contribution in [0.25, 0.3) is 11.1 Å². The minimum absolute atomic E-state index is 0.0200. The van der Waals surface area contributed by atoms with E-state index < -0.39 is 23.7 Å². The fourth-order valence-electron chi connectivity index (χ4n) is 5.21. The van der Waals surface area contributed by atoms with Crippen molar-refractivity contribution in [2.24, 2.45) is 4.99 Å². The number of nitrogens with zero attached hydrogens (tertiary/aromatic N) is 4. The number of benzene rings is 2. The Balaban J connectivity index is 1.35. The maximum atomic E-state index is 13.7. The molecule has 1 unspecified atom stereocenters. The summed E-state index contributed by atoms with van der Waals surface area (Å²) in [6.45, 7) is 3.59. The number of piperidine rings is 1. The first kappa shape index (κ1) is 28.2. The van der Waals surface area contributed by atoms with Crippen molar-refractivity contribution in [2.75, 3.05) is 28.6 Å². The number of fused-ring (bicyclic) bond motifs is 1. The summed E-state index contributed by atoms with van der Waals surface area (Å²) in [5.41, 5.74) is 2.97. The van der Waals surface area contributed by atoms with Gasteiger partial charge in [-0.1, -0.05) is 17.7 Å². The van der Waals surface area contributed by atoms with E-state index in [1.807, 2.05) is 18.2 Å². The summed E-state index contributed by atoms with van der Waals surface area (Å²) in [4.78, 5) is 40.6. The van der Waals surface area contributed by atoms with Crippen molar-refractivity contribution in [1.82, 2.24) is 15.3 Å². The van der Waals surface area contributed by atoms with Gasteiger partial charge in [0.2, 0.25) is 5.96 Å². The minimum atomic E-state index is -1.15. The molecule has 0 bridgehead atoms. The second-order valence-electron chi connectivity index (χ2n) is 10.2. The number of aromatic carboxylic acids is 1. The Bertz CT molecular complexity index is 1800. The number of carboxylic acid groups (broad SMARTS) is 1. The fourth-order valence-corrected chi connectivity index (χ4v) is 5.49. The van der Waals surface area contributed by atoms with Gasteiger partial charge in [0.05, 0.1) is 11.1 Å². The average Bonchev–Trinajstić information content (AvgIpc) is 3.38. The molecule has 1 amide bonds. The van der Waals surface area contributed by atoms with Crippen molar-refractivity contribution < 1.29 is 23.5 Å². The molecule has 4 heterocycles. The number of pyridine rings is 1. The number of carboxylic acids is 1. The standard InChI is InChI=1S/C30H27ClFN7O4/c1-16-25(27(40)36-24-13-17(28(41)42)9-10-33-24)26(20-7-6-19(15-21(20)31)39-11-3-2-4-12-39)37-29(34-16)38-30-35-22-8-5-18(32)14-23(22)43-30/h5-10,13-15,26H,2-4,11-12H2,1H3,(H,41,42)(H,33,36,40)(H2,34,35,37,38). The first-order valence-electron chi connectivity index (χ1n) is 13.7. The van der Waals surface area contributed by atoms with Crippen LogP contribution >= 0.6 is 11.6 Å². The van der Waals surface area contributed by atoms with E-state index >= 15 is 0 Å². The van der Waals surface area contributed by atoms with E-state index in [9.17, 15) is 19.1 Å². The van der Waals surface area contributed by atoms with E-state index in [-0.39, 0.29) is 34.5 Å². The highest BCUT2D eigenvalue weighted by Gasteiger charge is 2.32. The van der Waals surface area contributed by atoms with Gasteiger partial charge in [-0.2, -0.15) is 4.98 Å². The van der Waals surface area contributed by atoms with Crippen molar-refractivity contribution >= 4 is 58.1 Å². The Labute approximate surface area is 250 Å². The number of aromatic nitrogens is 2. The number of carbonyl (C=O) groups excluding carboxylic acids is 1. The number of carbonyl (C=O) groups is 2. The first-order chi connectivity index (χ1) is 20.7. The SMILES string of the molecule is CC1=C(C(=O)Nc2cc(C(=O)O)ccn2)C(c2ccc(N3CCCCC3)cc2Cl)N=C(Nc2nc3ccc(F)cc3o2)N1. The molecule has 11 nitrogen and oxygen atoms in total. The highest BCUT2D eigenvalue weighted by molar-refractivity contribution is 6.32. The van der Waals surface area contributed by atoms with Crippen molar-refractivity contribution in [1.29, 1.82) is 0 Å². The third-order valence-corrected chi connectivity index (χ3v) is 7.64. The predicted octanol–water partition coefficient (Wildman–Crippen LogP) is 5.73. The lowest BCUT2D eigenvalue weighted by Crippen LogP contribution is -2.37. The molecule has 2 aromatic heterocycles. The van der Waals surface area contributed by atoms with Gasteiger partial charge in [0.15, 0.2) is 5.58 Å². The Kier molecular flexibility index (Phi) is 7.68. The zero-order valence-corrected chi connectivity index (χ0v) is 23.8. The van der Waals surface area contributed by atoms with Crippen molar-refractivity contribution in [3.8, 4) is 0 Å². The molecule has 2 aliphatic rings. The van der Waals surface area contributed by atoms with Gasteiger partial charge in [-0.05, 0) is 62.6 Å². The molecule has 4 aromatic rings. The second-order valence-corrected chi connectivity index (χ2v) is 10.6. The molecule has 2 aromatic carbocycles. The topological polar surface area (TPSA) is 145 Å². The van der Waals surface area contributed by atoms with Crippen LogP contribution in [-0.4, -0.2) is 46.0 Å². The van der Waals surface area contributed by atoms with Crippen LogP contribution in [0.3, 0.4) is 0 Å². The lowest BCUT2D eigenvalue weighted by Gasteiger charge is -2.30. The molecular formula is C30H27ClFN7O4. The van der Waals surface area contributed by atoms with Crippen LogP contribution in [0.5, 0.6) is 0 Å². The minimum Gasteiger partial charge on any atom is -0.478 e. The molecule has 0 radical (unpaired) electrons. The number of guanidine groups is 1. The van der Waals surface area contributed by atoms with E-state index in [1.165, 1.54) is 42.9 Å². The number of hydrogen-bond acceptors (Lipinski definition) is 9. The Morgan fingerprint density at radius 2 is 1.93 bits per heavy atom. The van der Waals surface area contributed by atoms with E-state index in [4.69, 9.17) is 21.0 Å². The maximum Gasteiger partial charge on any atom is 0.335 e. The van der Waals surface area contributed by atoms with Crippen LogP contribution in [0.4, 0.5) is 21.9 Å². The number of halogens is 2. The summed E-state index contributed by atoms with van der Waals surface area (Å²) in [6.07, 6.45) is 4.72. The summed E-state index contributed by atoms with van der Waals surface area (Å²) in [5, 5.41) is 18.5. The third kappa shape index (κ3) is 6.00. The molecule has 2 aliphatic heterocycles. The molecule has 0 saturated carbocycles. The van der Waals surface area contributed by atoms with Crippen LogP contribution < -0.4 is 20.9 Å². The second kappa shape index (κ2) is 11.7. The lowest BCUT2D eigenvalue weighted by atomic mass is 9.95. The highest BCUT2D eigenvalue weighted by atomic mass is 35.5. The number of hydrogen-bond donors (Lipinski definition) is 4. The van der Waals surface area contributed by atoms with Gasteiger partial charge in [0.25, 0.3) is 5.91 Å². The van der Waals surface area contributed by atoms with Gasteiger partial charge >= 0.3 is 12.0 Å². The number of nitrogens with one attached hydrogen (secondary N) is 3. The summed E-state index contributed by atoms with van der Waals surface area (Å²) < 4.78 is 19.3. The summed E-state index contributed by atoms with van der Waals surface area (Å²) in [5.74, 6) is -1.84. The number of rotatable bonds is 6. The summed E-state index contributed by atoms with van der Waals surface area (Å²) in [7, 11) is 0. The van der Waals surface area contributed by atoms with Crippen LogP contribution in [0, 0.1) is 5.82 Å². The normalized spacial score (nSPS) is 17.0. The molecule has 1 saturated heterocycles. The average molecular weight is 604 g/mol. The molecular weight excluding hydrogens is 577 g/mol.